The predicted octanol–water partition coefficient (Wildman–Crippen LogP) is 5.09. The molecule has 1 fully saturated rings. The van der Waals surface area contributed by atoms with Gasteiger partial charge in [-0.15, -0.1) is 11.3 Å². The molecule has 1 saturated heterocycles. The number of para-hydroxylation sites is 1. The first-order valence-electron chi connectivity index (χ1n) is 8.98. The van der Waals surface area contributed by atoms with Gasteiger partial charge in [-0.3, -0.25) is 4.79 Å². The van der Waals surface area contributed by atoms with Gasteiger partial charge in [-0.2, -0.15) is 0 Å². The van der Waals surface area contributed by atoms with Crippen LogP contribution in [0.5, 0.6) is 5.75 Å². The molecule has 2 aromatic carbocycles. The number of rotatable bonds is 2. The van der Waals surface area contributed by atoms with Crippen LogP contribution in [0.15, 0.2) is 48.0 Å². The number of thiazole rings is 1. The number of amides is 1. The summed E-state index contributed by atoms with van der Waals surface area (Å²) < 4.78 is 6.94. The van der Waals surface area contributed by atoms with Crippen molar-refractivity contribution in [2.75, 3.05) is 13.2 Å². The van der Waals surface area contributed by atoms with E-state index in [0.717, 1.165) is 45.9 Å². The number of aromatic nitrogens is 1. The summed E-state index contributed by atoms with van der Waals surface area (Å²) >= 11 is 7.77. The maximum absolute atomic E-state index is 13.2. The first-order valence-corrected chi connectivity index (χ1v) is 10.2. The van der Waals surface area contributed by atoms with Gasteiger partial charge in [-0.05, 0) is 49.2 Å². The van der Waals surface area contributed by atoms with Crippen molar-refractivity contribution in [3.05, 3.63) is 63.6 Å². The Morgan fingerprint density at radius 3 is 3.04 bits per heavy atom. The predicted molar refractivity (Wildman–Crippen MR) is 108 cm³/mol. The molecular formula is C21H17ClN2O2S. The second-order valence-electron chi connectivity index (χ2n) is 6.82. The first-order chi connectivity index (χ1) is 13.2. The van der Waals surface area contributed by atoms with Crippen molar-refractivity contribution in [1.82, 2.24) is 9.88 Å². The summed E-state index contributed by atoms with van der Waals surface area (Å²) in [7, 11) is 0. The molecule has 0 aliphatic carbocycles. The number of carbonyl (C=O) groups is 1. The van der Waals surface area contributed by atoms with Crippen molar-refractivity contribution >= 4 is 45.1 Å². The standard InChI is InChI=1S/C21H17ClN2O2S/c22-15-7-8-18-13(11-15)10-14(12-26-18)21(25)24-9-3-5-17(24)20-23-16-4-1-2-6-19(16)27-20/h1-2,4,6-8,10-11,17H,3,5,9,12H2. The number of benzene rings is 2. The van der Waals surface area contributed by atoms with Gasteiger partial charge in [0.2, 0.25) is 0 Å². The third kappa shape index (κ3) is 3.01. The van der Waals surface area contributed by atoms with Crippen LogP contribution in [-0.4, -0.2) is 28.9 Å². The van der Waals surface area contributed by atoms with Crippen LogP contribution in [0.3, 0.4) is 0 Å². The van der Waals surface area contributed by atoms with E-state index in [4.69, 9.17) is 21.3 Å². The molecular weight excluding hydrogens is 380 g/mol. The SMILES string of the molecule is O=C(C1=Cc2cc(Cl)ccc2OC1)N1CCCC1c1nc2ccccc2s1. The Morgan fingerprint density at radius 1 is 1.26 bits per heavy atom. The Morgan fingerprint density at radius 2 is 2.15 bits per heavy atom. The average Bonchev–Trinajstić information content (AvgIpc) is 3.33. The zero-order chi connectivity index (χ0) is 18.4. The third-order valence-corrected chi connectivity index (χ3v) is 6.44. The molecule has 0 bridgehead atoms. The van der Waals surface area contributed by atoms with E-state index in [9.17, 15) is 4.79 Å². The molecule has 6 heteroatoms. The van der Waals surface area contributed by atoms with Crippen LogP contribution >= 0.6 is 22.9 Å². The zero-order valence-electron chi connectivity index (χ0n) is 14.5. The summed E-state index contributed by atoms with van der Waals surface area (Å²) in [5.74, 6) is 0.794. The van der Waals surface area contributed by atoms with Gasteiger partial charge in [0.25, 0.3) is 5.91 Å². The molecule has 136 valence electrons. The van der Waals surface area contributed by atoms with E-state index in [0.29, 0.717) is 10.6 Å². The summed E-state index contributed by atoms with van der Waals surface area (Å²) in [5.41, 5.74) is 2.52. The number of fused-ring (bicyclic) bond motifs is 2. The Balaban J connectivity index is 1.45. The summed E-state index contributed by atoms with van der Waals surface area (Å²) in [6, 6.07) is 13.6. The fraction of sp³-hybridized carbons (Fsp3) is 0.238. The van der Waals surface area contributed by atoms with E-state index in [2.05, 4.69) is 6.07 Å². The number of likely N-dealkylation sites (tertiary alicyclic amines) is 1. The molecule has 3 heterocycles. The summed E-state index contributed by atoms with van der Waals surface area (Å²) in [4.78, 5) is 19.9. The van der Waals surface area contributed by atoms with E-state index < -0.39 is 0 Å². The molecule has 0 saturated carbocycles. The molecule has 0 spiro atoms. The summed E-state index contributed by atoms with van der Waals surface area (Å²) in [6.45, 7) is 1.04. The van der Waals surface area contributed by atoms with Crippen LogP contribution in [0.1, 0.15) is 29.5 Å². The molecule has 4 nitrogen and oxygen atoms in total. The van der Waals surface area contributed by atoms with Gasteiger partial charge < -0.3 is 9.64 Å². The van der Waals surface area contributed by atoms with E-state index in [1.807, 2.05) is 41.3 Å². The highest BCUT2D eigenvalue weighted by Crippen LogP contribution is 2.38. The number of nitrogens with zero attached hydrogens (tertiary/aromatic N) is 2. The second kappa shape index (κ2) is 6.66. The Hall–Kier alpha value is -2.37. The van der Waals surface area contributed by atoms with Crippen molar-refractivity contribution in [2.45, 2.75) is 18.9 Å². The smallest absolute Gasteiger partial charge is 0.253 e. The third-order valence-electron chi connectivity index (χ3n) is 5.07. The fourth-order valence-corrected chi connectivity index (χ4v) is 5.05. The molecule has 1 atom stereocenters. The Kier molecular flexibility index (Phi) is 4.14. The van der Waals surface area contributed by atoms with Gasteiger partial charge in [0.05, 0.1) is 21.8 Å². The quantitative estimate of drug-likeness (QED) is 0.606. The second-order valence-corrected chi connectivity index (χ2v) is 8.32. The van der Waals surface area contributed by atoms with E-state index in [1.165, 1.54) is 0 Å². The fourth-order valence-electron chi connectivity index (χ4n) is 3.76. The van der Waals surface area contributed by atoms with Gasteiger partial charge in [0.1, 0.15) is 17.4 Å². The minimum absolute atomic E-state index is 0.0300. The maximum Gasteiger partial charge on any atom is 0.253 e. The lowest BCUT2D eigenvalue weighted by molar-refractivity contribution is -0.128. The molecule has 1 unspecified atom stereocenters. The molecule has 2 aliphatic heterocycles. The van der Waals surface area contributed by atoms with Crippen LogP contribution in [0.25, 0.3) is 16.3 Å². The minimum Gasteiger partial charge on any atom is -0.488 e. The van der Waals surface area contributed by atoms with E-state index in [1.54, 1.807) is 17.4 Å². The van der Waals surface area contributed by atoms with E-state index in [-0.39, 0.29) is 18.6 Å². The van der Waals surface area contributed by atoms with Crippen LogP contribution in [-0.2, 0) is 4.79 Å². The molecule has 1 aromatic heterocycles. The summed E-state index contributed by atoms with van der Waals surface area (Å²) in [5, 5.41) is 1.65. The summed E-state index contributed by atoms with van der Waals surface area (Å²) in [6.07, 6.45) is 3.84. The van der Waals surface area contributed by atoms with Crippen LogP contribution in [0.4, 0.5) is 0 Å². The molecule has 27 heavy (non-hydrogen) atoms. The number of hydrogen-bond donors (Lipinski definition) is 0. The van der Waals surface area contributed by atoms with Crippen molar-refractivity contribution in [1.29, 1.82) is 0 Å². The highest BCUT2D eigenvalue weighted by Gasteiger charge is 2.34. The number of hydrogen-bond acceptors (Lipinski definition) is 4. The molecule has 3 aromatic rings. The van der Waals surface area contributed by atoms with Gasteiger partial charge in [-0.25, -0.2) is 4.98 Å². The minimum atomic E-state index is 0.0300. The number of ether oxygens (including phenoxy) is 1. The maximum atomic E-state index is 13.2. The highest BCUT2D eigenvalue weighted by molar-refractivity contribution is 7.18. The lowest BCUT2D eigenvalue weighted by atomic mass is 10.1. The largest absolute Gasteiger partial charge is 0.488 e. The van der Waals surface area contributed by atoms with Crippen LogP contribution < -0.4 is 4.74 Å². The average molecular weight is 397 g/mol. The zero-order valence-corrected chi connectivity index (χ0v) is 16.1. The molecule has 2 aliphatic rings. The lowest BCUT2D eigenvalue weighted by Crippen LogP contribution is -2.33. The first kappa shape index (κ1) is 16.8. The van der Waals surface area contributed by atoms with Gasteiger partial charge in [0.15, 0.2) is 0 Å². The van der Waals surface area contributed by atoms with Crippen molar-refractivity contribution < 1.29 is 9.53 Å². The number of carbonyl (C=O) groups excluding carboxylic acids is 1. The van der Waals surface area contributed by atoms with Crippen molar-refractivity contribution in [3.63, 3.8) is 0 Å². The molecule has 0 radical (unpaired) electrons. The topological polar surface area (TPSA) is 42.4 Å². The Bertz CT molecular complexity index is 1040. The monoisotopic (exact) mass is 396 g/mol. The highest BCUT2D eigenvalue weighted by atomic mass is 35.5. The molecule has 0 N–H and O–H groups in total. The van der Waals surface area contributed by atoms with E-state index >= 15 is 0 Å². The van der Waals surface area contributed by atoms with Crippen LogP contribution in [0.2, 0.25) is 5.02 Å². The molecule has 5 rings (SSSR count). The number of halogens is 1. The Labute approximate surface area is 166 Å². The molecule has 1 amide bonds. The van der Waals surface area contributed by atoms with Crippen LogP contribution in [0, 0.1) is 0 Å². The normalized spacial score (nSPS) is 18.9. The lowest BCUT2D eigenvalue weighted by Gasteiger charge is -2.26. The van der Waals surface area contributed by atoms with Crippen molar-refractivity contribution in [2.24, 2.45) is 0 Å². The van der Waals surface area contributed by atoms with Gasteiger partial charge in [0, 0.05) is 17.1 Å². The van der Waals surface area contributed by atoms with Gasteiger partial charge >= 0.3 is 0 Å². The van der Waals surface area contributed by atoms with Gasteiger partial charge in [-0.1, -0.05) is 23.7 Å². The van der Waals surface area contributed by atoms with Crippen molar-refractivity contribution in [3.8, 4) is 5.75 Å².